The fraction of sp³-hybridized carbons (Fsp3) is 0.0556. The number of nitrogens with zero attached hydrogens (tertiary/aromatic N) is 3. The van der Waals surface area contributed by atoms with Crippen LogP contribution in [0.2, 0.25) is 0 Å². The first-order valence-electron chi connectivity index (χ1n) is 7.27. The molecule has 3 aromatic rings. The smallest absolute Gasteiger partial charge is 0.276 e. The lowest BCUT2D eigenvalue weighted by atomic mass is 10.0. The van der Waals surface area contributed by atoms with Gasteiger partial charge in [-0.25, -0.2) is 0 Å². The molecule has 0 fully saturated rings. The third-order valence-corrected chi connectivity index (χ3v) is 3.99. The summed E-state index contributed by atoms with van der Waals surface area (Å²) >= 11 is 0. The average molecular weight is 303 g/mol. The first-order valence-corrected chi connectivity index (χ1v) is 7.27. The van der Waals surface area contributed by atoms with E-state index in [1.165, 1.54) is 9.58 Å². The number of fused-ring (bicyclic) bond motifs is 2. The molecule has 1 aromatic heterocycles. The van der Waals surface area contributed by atoms with Crippen LogP contribution in [0.4, 0.5) is 5.69 Å². The Morgan fingerprint density at radius 3 is 2.74 bits per heavy atom. The fourth-order valence-electron chi connectivity index (χ4n) is 2.87. The van der Waals surface area contributed by atoms with Crippen molar-refractivity contribution in [2.24, 2.45) is 0 Å². The zero-order chi connectivity index (χ0) is 15.8. The average Bonchev–Trinajstić information content (AvgIpc) is 3.04. The monoisotopic (exact) mass is 303 g/mol. The second kappa shape index (κ2) is 5.21. The predicted molar refractivity (Wildman–Crippen MR) is 88.2 cm³/mol. The fourth-order valence-corrected chi connectivity index (χ4v) is 2.87. The van der Waals surface area contributed by atoms with Crippen molar-refractivity contribution in [2.75, 3.05) is 11.4 Å². The van der Waals surface area contributed by atoms with Gasteiger partial charge in [0.15, 0.2) is 0 Å². The summed E-state index contributed by atoms with van der Waals surface area (Å²) in [6.07, 6.45) is 4.25. The molecule has 4 rings (SSSR count). The molecule has 1 amide bonds. The molecular weight excluding hydrogens is 290 g/mol. The molecule has 0 saturated carbocycles. The van der Waals surface area contributed by atoms with Crippen LogP contribution in [0.1, 0.15) is 10.4 Å². The number of hydrogen-bond acceptors (Lipinski definition) is 3. The van der Waals surface area contributed by atoms with Crippen LogP contribution < -0.4 is 4.90 Å². The molecule has 0 atom stereocenters. The summed E-state index contributed by atoms with van der Waals surface area (Å²) in [5.74, 6) is -0.215. The van der Waals surface area contributed by atoms with E-state index in [0.29, 0.717) is 5.57 Å². The quantitative estimate of drug-likeness (QED) is 0.684. The van der Waals surface area contributed by atoms with Gasteiger partial charge in [-0.05, 0) is 23.8 Å². The summed E-state index contributed by atoms with van der Waals surface area (Å²) in [5.41, 5.74) is 2.95. The van der Waals surface area contributed by atoms with Crippen LogP contribution >= 0.6 is 0 Å². The maximum atomic E-state index is 12.8. The highest BCUT2D eigenvalue weighted by Crippen LogP contribution is 2.28. The van der Waals surface area contributed by atoms with E-state index in [4.69, 9.17) is 0 Å². The van der Waals surface area contributed by atoms with Crippen molar-refractivity contribution in [2.45, 2.75) is 0 Å². The Balaban J connectivity index is 1.80. The molecule has 0 bridgehead atoms. The Morgan fingerprint density at radius 2 is 1.87 bits per heavy atom. The van der Waals surface area contributed by atoms with Crippen LogP contribution in [-0.2, 0) is 4.79 Å². The molecular formula is C18H13N3O2. The Bertz CT molecular complexity index is 956. The van der Waals surface area contributed by atoms with E-state index < -0.39 is 0 Å². The van der Waals surface area contributed by atoms with Crippen LogP contribution in [0.25, 0.3) is 17.0 Å². The Labute approximate surface area is 132 Å². The summed E-state index contributed by atoms with van der Waals surface area (Å²) in [6.45, 7) is 0.244. The summed E-state index contributed by atoms with van der Waals surface area (Å²) in [4.78, 5) is 25.7. The standard InChI is InChI=1S/C18H13N3O2/c22-12-20-11-15(9-13-5-1-3-7-16(13)20)18(23)21-17-8-4-2-6-14(17)10-19-21/h1-10,12H,11H2. The van der Waals surface area contributed by atoms with Gasteiger partial charge in [0.2, 0.25) is 6.41 Å². The van der Waals surface area contributed by atoms with Crippen molar-refractivity contribution in [3.63, 3.8) is 0 Å². The van der Waals surface area contributed by atoms with E-state index >= 15 is 0 Å². The van der Waals surface area contributed by atoms with Crippen molar-refractivity contribution < 1.29 is 9.59 Å². The molecule has 112 valence electrons. The molecule has 2 aromatic carbocycles. The van der Waals surface area contributed by atoms with Gasteiger partial charge in [-0.15, -0.1) is 0 Å². The highest BCUT2D eigenvalue weighted by molar-refractivity contribution is 6.06. The van der Waals surface area contributed by atoms with E-state index in [-0.39, 0.29) is 12.5 Å². The van der Waals surface area contributed by atoms with Crippen LogP contribution in [0.5, 0.6) is 0 Å². The SMILES string of the molecule is O=CN1CC(C(=O)n2ncc3ccccc32)=Cc2ccccc21. The molecule has 23 heavy (non-hydrogen) atoms. The first kappa shape index (κ1) is 13.5. The lowest BCUT2D eigenvalue weighted by Crippen LogP contribution is -2.31. The largest absolute Gasteiger partial charge is 0.310 e. The molecule has 2 heterocycles. The van der Waals surface area contributed by atoms with Gasteiger partial charge in [-0.3, -0.25) is 9.59 Å². The van der Waals surface area contributed by atoms with E-state index in [2.05, 4.69) is 5.10 Å². The van der Waals surface area contributed by atoms with Crippen molar-refractivity contribution in [1.29, 1.82) is 0 Å². The summed E-state index contributed by atoms with van der Waals surface area (Å²) < 4.78 is 1.39. The lowest BCUT2D eigenvalue weighted by Gasteiger charge is -2.25. The van der Waals surface area contributed by atoms with Gasteiger partial charge < -0.3 is 4.90 Å². The van der Waals surface area contributed by atoms with Gasteiger partial charge in [0, 0.05) is 11.0 Å². The summed E-state index contributed by atoms with van der Waals surface area (Å²) in [7, 11) is 0. The third kappa shape index (κ3) is 2.14. The molecule has 0 aliphatic carbocycles. The maximum absolute atomic E-state index is 12.8. The normalized spacial score (nSPS) is 13.6. The minimum atomic E-state index is -0.215. The lowest BCUT2D eigenvalue weighted by molar-refractivity contribution is -0.107. The number of carbonyl (C=O) groups is 2. The molecule has 0 saturated heterocycles. The number of para-hydroxylation sites is 2. The van der Waals surface area contributed by atoms with Gasteiger partial charge in [0.05, 0.1) is 23.9 Å². The van der Waals surface area contributed by atoms with Crippen LogP contribution in [0, 0.1) is 0 Å². The van der Waals surface area contributed by atoms with Gasteiger partial charge in [-0.1, -0.05) is 36.4 Å². The zero-order valence-electron chi connectivity index (χ0n) is 12.2. The Kier molecular flexibility index (Phi) is 3.05. The van der Waals surface area contributed by atoms with Gasteiger partial charge in [0.25, 0.3) is 5.91 Å². The first-order chi connectivity index (χ1) is 11.3. The molecule has 0 N–H and O–H groups in total. The number of rotatable bonds is 2. The topological polar surface area (TPSA) is 55.2 Å². The number of carbonyl (C=O) groups excluding carboxylic acids is 2. The third-order valence-electron chi connectivity index (χ3n) is 3.99. The Morgan fingerprint density at radius 1 is 1.09 bits per heavy atom. The van der Waals surface area contributed by atoms with Gasteiger partial charge >= 0.3 is 0 Å². The zero-order valence-corrected chi connectivity index (χ0v) is 12.2. The highest BCUT2D eigenvalue weighted by Gasteiger charge is 2.23. The molecule has 5 heteroatoms. The van der Waals surface area contributed by atoms with E-state index in [0.717, 1.165) is 28.6 Å². The second-order valence-corrected chi connectivity index (χ2v) is 5.38. The summed E-state index contributed by atoms with van der Waals surface area (Å²) in [5, 5.41) is 5.10. The molecule has 0 radical (unpaired) electrons. The highest BCUT2D eigenvalue weighted by atomic mass is 16.2. The number of hydrogen-bond donors (Lipinski definition) is 0. The van der Waals surface area contributed by atoms with E-state index in [9.17, 15) is 9.59 Å². The van der Waals surface area contributed by atoms with Gasteiger partial charge in [0.1, 0.15) is 0 Å². The number of amides is 1. The van der Waals surface area contributed by atoms with Crippen molar-refractivity contribution >= 4 is 35.0 Å². The summed E-state index contributed by atoms with van der Waals surface area (Å²) in [6, 6.07) is 15.1. The van der Waals surface area contributed by atoms with Crippen molar-refractivity contribution in [1.82, 2.24) is 9.78 Å². The molecule has 5 nitrogen and oxygen atoms in total. The van der Waals surface area contributed by atoms with Crippen LogP contribution in [-0.4, -0.2) is 28.6 Å². The van der Waals surface area contributed by atoms with Crippen LogP contribution in [0.3, 0.4) is 0 Å². The molecule has 1 aliphatic rings. The maximum Gasteiger partial charge on any atom is 0.276 e. The van der Waals surface area contributed by atoms with Crippen molar-refractivity contribution in [3.05, 3.63) is 65.9 Å². The van der Waals surface area contributed by atoms with Gasteiger partial charge in [-0.2, -0.15) is 9.78 Å². The number of anilines is 1. The van der Waals surface area contributed by atoms with E-state index in [1.54, 1.807) is 6.20 Å². The number of aromatic nitrogens is 2. The molecule has 0 unspecified atom stereocenters. The number of benzene rings is 2. The van der Waals surface area contributed by atoms with Crippen LogP contribution in [0.15, 0.2) is 60.3 Å². The Hall–Kier alpha value is -3.21. The minimum Gasteiger partial charge on any atom is -0.310 e. The second-order valence-electron chi connectivity index (χ2n) is 5.38. The molecule has 1 aliphatic heterocycles. The predicted octanol–water partition coefficient (Wildman–Crippen LogP) is 2.74. The van der Waals surface area contributed by atoms with E-state index in [1.807, 2.05) is 54.6 Å². The minimum absolute atomic E-state index is 0.215. The molecule has 0 spiro atoms. The van der Waals surface area contributed by atoms with Crippen molar-refractivity contribution in [3.8, 4) is 0 Å².